The van der Waals surface area contributed by atoms with E-state index in [1.807, 2.05) is 0 Å². The van der Waals surface area contributed by atoms with Gasteiger partial charge in [0.15, 0.2) is 0 Å². The minimum absolute atomic E-state index is 1.16. The van der Waals surface area contributed by atoms with E-state index in [1.54, 1.807) is 13.2 Å². The van der Waals surface area contributed by atoms with E-state index in [2.05, 4.69) is 110 Å². The summed E-state index contributed by atoms with van der Waals surface area (Å²) in [6.45, 7) is 2.29. The molecule has 3 aromatic rings. The Labute approximate surface area is 199 Å². The first-order valence-electron chi connectivity index (χ1n) is 12.7. The van der Waals surface area contributed by atoms with E-state index in [4.69, 9.17) is 0 Å². The van der Waals surface area contributed by atoms with Crippen LogP contribution in [-0.4, -0.2) is 13.3 Å². The average molecular weight is 485 g/mol. The maximum atomic E-state index is 2.51. The molecule has 0 unspecified atom stereocenters. The summed E-state index contributed by atoms with van der Waals surface area (Å²) in [6, 6.07) is 33.9. The van der Waals surface area contributed by atoms with Gasteiger partial charge in [0, 0.05) is 0 Å². The molecule has 0 bridgehead atoms. The molecule has 0 nitrogen and oxygen atoms in total. The molecule has 0 fully saturated rings. The fourth-order valence-corrected chi connectivity index (χ4v) is 14.3. The van der Waals surface area contributed by atoms with Crippen molar-refractivity contribution in [2.24, 2.45) is 0 Å². The van der Waals surface area contributed by atoms with Crippen LogP contribution in [0, 0.1) is 0 Å². The second kappa shape index (κ2) is 14.2. The predicted molar refractivity (Wildman–Crippen MR) is 145 cm³/mol. The molecule has 0 heterocycles. The summed E-state index contributed by atoms with van der Waals surface area (Å²) in [7, 11) is 0. The van der Waals surface area contributed by atoms with Crippen LogP contribution in [0.5, 0.6) is 0 Å². The van der Waals surface area contributed by atoms with Crippen molar-refractivity contribution in [3.63, 3.8) is 0 Å². The van der Waals surface area contributed by atoms with E-state index in [-0.39, 0.29) is 0 Å². The van der Waals surface area contributed by atoms with Crippen molar-refractivity contribution in [1.29, 1.82) is 0 Å². The summed E-state index contributed by atoms with van der Waals surface area (Å²) in [5.41, 5.74) is 0. The molecule has 0 aliphatic rings. The van der Waals surface area contributed by atoms with Crippen molar-refractivity contribution in [3.05, 3.63) is 103 Å². The fourth-order valence-electron chi connectivity index (χ4n) is 4.80. The molecule has 0 saturated carbocycles. The van der Waals surface area contributed by atoms with Gasteiger partial charge in [-0.2, -0.15) is 0 Å². The van der Waals surface area contributed by atoms with Gasteiger partial charge < -0.3 is 0 Å². The van der Waals surface area contributed by atoms with E-state index in [0.29, 0.717) is 0 Å². The molecule has 0 atom stereocenters. The second-order valence-corrected chi connectivity index (χ2v) is 17.2. The maximum absolute atomic E-state index is 2.78. The Hall–Kier alpha value is -2.06. The monoisotopic (exact) mass is 486 g/mol. The number of unbranched alkanes of at least 4 members (excludes halogenated alkanes) is 8. The zero-order valence-electron chi connectivity index (χ0n) is 19.9. The van der Waals surface area contributed by atoms with Crippen LogP contribution in [0.4, 0.5) is 0 Å². The Bertz CT molecular complexity index is 787. The Kier molecular flexibility index (Phi) is 10.9. The van der Waals surface area contributed by atoms with E-state index >= 15 is 0 Å². The van der Waals surface area contributed by atoms with Crippen molar-refractivity contribution >= 4 is 26.5 Å². The van der Waals surface area contributed by atoms with Gasteiger partial charge >= 0.3 is 193 Å². The first-order chi connectivity index (χ1) is 15.9. The number of allylic oxidation sites excluding steroid dienone is 2. The molecule has 0 radical (unpaired) electrons. The van der Waals surface area contributed by atoms with Crippen LogP contribution in [0.15, 0.2) is 103 Å². The molecule has 0 aromatic heterocycles. The molecule has 168 valence electrons. The van der Waals surface area contributed by atoms with Crippen molar-refractivity contribution in [2.75, 3.05) is 0 Å². The quantitative estimate of drug-likeness (QED) is 0.128. The molecule has 0 spiro atoms. The molecule has 3 rings (SSSR count). The molecule has 1 heteroatoms. The molecular weight excluding hydrogens is 445 g/mol. The first-order valence-corrected chi connectivity index (χ1v) is 17.3. The molecule has 0 N–H and O–H groups in total. The second-order valence-electron chi connectivity index (χ2n) is 8.94. The third kappa shape index (κ3) is 6.97. The fraction of sp³-hybridized carbons (Fsp3) is 0.355. The van der Waals surface area contributed by atoms with Crippen molar-refractivity contribution in [3.8, 4) is 0 Å². The summed E-state index contributed by atoms with van der Waals surface area (Å²) < 4.78 is 4.63. The van der Waals surface area contributed by atoms with Crippen LogP contribution in [0.1, 0.15) is 64.7 Å². The van der Waals surface area contributed by atoms with Gasteiger partial charge in [0.2, 0.25) is 0 Å². The predicted octanol–water partition coefficient (Wildman–Crippen LogP) is 7.24. The Morgan fingerprint density at radius 1 is 0.500 bits per heavy atom. The summed E-state index contributed by atoms with van der Waals surface area (Å²) >= 11 is -2.78. The number of rotatable bonds is 14. The Morgan fingerprint density at radius 3 is 1.34 bits per heavy atom. The topological polar surface area (TPSA) is 0 Å². The number of hydrogen-bond acceptors (Lipinski definition) is 0. The summed E-state index contributed by atoms with van der Waals surface area (Å²) in [5, 5.41) is 1.16. The van der Waals surface area contributed by atoms with Gasteiger partial charge in [0.05, 0.1) is 0 Å². The van der Waals surface area contributed by atoms with E-state index in [9.17, 15) is 0 Å². The van der Waals surface area contributed by atoms with E-state index in [1.165, 1.54) is 57.8 Å². The van der Waals surface area contributed by atoms with Crippen molar-refractivity contribution in [2.45, 2.75) is 70.0 Å². The van der Waals surface area contributed by atoms with E-state index < -0.39 is 13.3 Å². The van der Waals surface area contributed by atoms with Gasteiger partial charge in [-0.3, -0.25) is 0 Å². The third-order valence-electron chi connectivity index (χ3n) is 6.61. The van der Waals surface area contributed by atoms with Gasteiger partial charge in [-0.05, 0) is 0 Å². The number of benzene rings is 3. The molecule has 0 aliphatic heterocycles. The third-order valence-corrected chi connectivity index (χ3v) is 16.7. The summed E-state index contributed by atoms with van der Waals surface area (Å²) in [4.78, 5) is 0. The summed E-state index contributed by atoms with van der Waals surface area (Å²) in [6.07, 6.45) is 17.3. The van der Waals surface area contributed by atoms with Gasteiger partial charge in [0.1, 0.15) is 0 Å². The molecule has 32 heavy (non-hydrogen) atoms. The van der Waals surface area contributed by atoms with Crippen molar-refractivity contribution < 1.29 is 0 Å². The Balaban J connectivity index is 1.71. The normalized spacial score (nSPS) is 11.8. The van der Waals surface area contributed by atoms with Gasteiger partial charge in [0.25, 0.3) is 0 Å². The van der Waals surface area contributed by atoms with Crippen LogP contribution in [0.2, 0.25) is 5.25 Å². The molecular formula is C31H40Ge. The molecule has 0 aliphatic carbocycles. The Morgan fingerprint density at radius 2 is 0.906 bits per heavy atom. The first kappa shape index (κ1) is 24.6. The van der Waals surface area contributed by atoms with Crippen LogP contribution < -0.4 is 13.2 Å². The van der Waals surface area contributed by atoms with Crippen molar-refractivity contribution in [1.82, 2.24) is 0 Å². The average Bonchev–Trinajstić information content (AvgIpc) is 2.87. The summed E-state index contributed by atoms with van der Waals surface area (Å²) in [5.74, 6) is 0. The zero-order chi connectivity index (χ0) is 22.3. The van der Waals surface area contributed by atoms with Gasteiger partial charge in [-0.15, -0.1) is 0 Å². The molecule has 0 saturated heterocycles. The minimum atomic E-state index is -2.78. The van der Waals surface area contributed by atoms with Gasteiger partial charge in [-0.25, -0.2) is 0 Å². The number of hydrogen-bond donors (Lipinski definition) is 0. The van der Waals surface area contributed by atoms with E-state index in [0.717, 1.165) is 5.25 Å². The SMILES string of the molecule is CCCCCCCCCC/C=C/[CH2][Ge]([c]1ccccc1)([c]1ccccc1)[c]1ccccc1. The van der Waals surface area contributed by atoms with Crippen LogP contribution in [-0.2, 0) is 0 Å². The zero-order valence-corrected chi connectivity index (χ0v) is 22.0. The van der Waals surface area contributed by atoms with Crippen LogP contribution in [0.3, 0.4) is 0 Å². The molecule has 0 amide bonds. The van der Waals surface area contributed by atoms with Crippen LogP contribution in [0.25, 0.3) is 0 Å². The van der Waals surface area contributed by atoms with Gasteiger partial charge in [-0.1, -0.05) is 6.92 Å². The molecule has 3 aromatic carbocycles. The van der Waals surface area contributed by atoms with Crippen LogP contribution >= 0.6 is 0 Å². The standard InChI is InChI=1S/C31H40Ge/c1-2-3-4-5-6-7-8-9-10-11-21-28-32(29-22-15-12-16-23-29,30-24-17-13-18-25-30)31-26-19-14-20-27-31/h11-27H,2-10,28H2,1H3/b21-11+.